The van der Waals surface area contributed by atoms with Crippen LogP contribution in [0, 0.1) is 0 Å². The first-order valence-electron chi connectivity index (χ1n) is 4.15. The van der Waals surface area contributed by atoms with Gasteiger partial charge in [-0.05, 0) is 6.42 Å². The molecule has 0 fully saturated rings. The first-order chi connectivity index (χ1) is 5.31. The van der Waals surface area contributed by atoms with Gasteiger partial charge in [-0.2, -0.15) is 5.26 Å². The van der Waals surface area contributed by atoms with Gasteiger partial charge in [0, 0.05) is 6.42 Å². The molecule has 3 heteroatoms. The van der Waals surface area contributed by atoms with Crippen LogP contribution in [0.5, 0.6) is 0 Å². The second-order valence-electron chi connectivity index (χ2n) is 2.63. The summed E-state index contributed by atoms with van der Waals surface area (Å²) in [5.74, 6) is -0.526. The van der Waals surface area contributed by atoms with Crippen LogP contribution in [-0.2, 0) is 9.68 Å². The van der Waals surface area contributed by atoms with Gasteiger partial charge in [-0.25, -0.2) is 4.79 Å². The van der Waals surface area contributed by atoms with Crippen LogP contribution in [0.4, 0.5) is 0 Å². The van der Waals surface area contributed by atoms with E-state index < -0.39 is 5.97 Å². The third-order valence-electron chi connectivity index (χ3n) is 1.59. The summed E-state index contributed by atoms with van der Waals surface area (Å²) in [7, 11) is 0. The van der Waals surface area contributed by atoms with Crippen LogP contribution in [0.15, 0.2) is 0 Å². The molecule has 0 aliphatic carbocycles. The summed E-state index contributed by atoms with van der Waals surface area (Å²) in [4.78, 5) is 13.9. The molecule has 1 N–H and O–H groups in total. The minimum absolute atomic E-state index is 0.334. The molecule has 66 valence electrons. The average Bonchev–Trinajstić information content (AvgIpc) is 2.04. The second-order valence-corrected chi connectivity index (χ2v) is 2.63. The summed E-state index contributed by atoms with van der Waals surface area (Å²) < 4.78 is 0. The van der Waals surface area contributed by atoms with Crippen LogP contribution < -0.4 is 0 Å². The highest BCUT2D eigenvalue weighted by Crippen LogP contribution is 2.04. The lowest BCUT2D eigenvalue weighted by atomic mass is 10.1. The highest BCUT2D eigenvalue weighted by atomic mass is 17.1. The lowest BCUT2D eigenvalue weighted by molar-refractivity contribution is -0.234. The van der Waals surface area contributed by atoms with Crippen molar-refractivity contribution >= 4 is 5.97 Å². The van der Waals surface area contributed by atoms with E-state index in [0.717, 1.165) is 19.3 Å². The standard InChI is InChI=1S/C8H16O3/c1-2-3-4-5-6-7-8(9)11-10/h10H,2-7H2,1H3. The number of carbonyl (C=O) groups excluding carboxylic acids is 1. The third-order valence-corrected chi connectivity index (χ3v) is 1.59. The molecule has 0 saturated heterocycles. The topological polar surface area (TPSA) is 46.5 Å². The van der Waals surface area contributed by atoms with Gasteiger partial charge in [0.25, 0.3) is 0 Å². The Morgan fingerprint density at radius 1 is 1.27 bits per heavy atom. The monoisotopic (exact) mass is 160 g/mol. The quantitative estimate of drug-likeness (QED) is 0.368. The van der Waals surface area contributed by atoms with Gasteiger partial charge >= 0.3 is 5.97 Å². The van der Waals surface area contributed by atoms with Crippen LogP contribution in [0.3, 0.4) is 0 Å². The number of hydrogen-bond donors (Lipinski definition) is 1. The van der Waals surface area contributed by atoms with Crippen LogP contribution in [0.1, 0.15) is 45.4 Å². The van der Waals surface area contributed by atoms with Crippen LogP contribution in [0.25, 0.3) is 0 Å². The van der Waals surface area contributed by atoms with Gasteiger partial charge in [0.05, 0.1) is 0 Å². The van der Waals surface area contributed by atoms with Crippen LogP contribution >= 0.6 is 0 Å². The first kappa shape index (κ1) is 10.4. The highest BCUT2D eigenvalue weighted by Gasteiger charge is 1.99. The maximum atomic E-state index is 10.4. The second kappa shape index (κ2) is 7.54. The molecule has 0 aliphatic heterocycles. The summed E-state index contributed by atoms with van der Waals surface area (Å²) in [5, 5.41) is 7.89. The van der Waals surface area contributed by atoms with E-state index >= 15 is 0 Å². The smallest absolute Gasteiger partial charge is 0.301 e. The molecule has 0 heterocycles. The van der Waals surface area contributed by atoms with Crippen molar-refractivity contribution < 1.29 is 14.9 Å². The average molecular weight is 160 g/mol. The molecule has 0 aliphatic rings. The van der Waals surface area contributed by atoms with E-state index in [-0.39, 0.29) is 0 Å². The Kier molecular flexibility index (Phi) is 7.15. The SMILES string of the molecule is CCCCCCCC(=O)OO. The van der Waals surface area contributed by atoms with Crippen molar-refractivity contribution in [1.29, 1.82) is 0 Å². The number of hydrogen-bond acceptors (Lipinski definition) is 3. The number of unbranched alkanes of at least 4 members (excludes halogenated alkanes) is 4. The summed E-state index contributed by atoms with van der Waals surface area (Å²) in [5.41, 5.74) is 0. The van der Waals surface area contributed by atoms with Crippen molar-refractivity contribution in [2.24, 2.45) is 0 Å². The van der Waals surface area contributed by atoms with Crippen molar-refractivity contribution in [2.75, 3.05) is 0 Å². The molecule has 0 saturated carbocycles. The Morgan fingerprint density at radius 3 is 2.45 bits per heavy atom. The van der Waals surface area contributed by atoms with Gasteiger partial charge in [0.15, 0.2) is 0 Å². The largest absolute Gasteiger partial charge is 0.342 e. The molecule has 0 aromatic heterocycles. The van der Waals surface area contributed by atoms with Crippen molar-refractivity contribution in [3.05, 3.63) is 0 Å². The summed E-state index contributed by atoms with van der Waals surface area (Å²) in [6.07, 6.45) is 5.77. The Hall–Kier alpha value is -0.570. The van der Waals surface area contributed by atoms with Gasteiger partial charge in [-0.1, -0.05) is 32.6 Å². The maximum absolute atomic E-state index is 10.4. The molecule has 0 unspecified atom stereocenters. The Bertz CT molecular complexity index is 102. The minimum atomic E-state index is -0.526. The molecule has 3 nitrogen and oxygen atoms in total. The van der Waals surface area contributed by atoms with E-state index in [9.17, 15) is 4.79 Å². The number of rotatable bonds is 6. The molecule has 0 atom stereocenters. The fourth-order valence-corrected chi connectivity index (χ4v) is 0.919. The lowest BCUT2D eigenvalue weighted by Gasteiger charge is -1.96. The van der Waals surface area contributed by atoms with Gasteiger partial charge in [-0.3, -0.25) is 0 Å². The Morgan fingerprint density at radius 2 is 1.91 bits per heavy atom. The number of carbonyl (C=O) groups is 1. The van der Waals surface area contributed by atoms with E-state index in [2.05, 4.69) is 11.8 Å². The zero-order valence-corrected chi connectivity index (χ0v) is 7.01. The van der Waals surface area contributed by atoms with Crippen molar-refractivity contribution in [2.45, 2.75) is 45.4 Å². The van der Waals surface area contributed by atoms with Gasteiger partial charge in [0.1, 0.15) is 0 Å². The van der Waals surface area contributed by atoms with Crippen LogP contribution in [0.2, 0.25) is 0 Å². The molecule has 0 aromatic carbocycles. The van der Waals surface area contributed by atoms with Crippen LogP contribution in [-0.4, -0.2) is 11.2 Å². The molecular formula is C8H16O3. The van der Waals surface area contributed by atoms with Crippen molar-refractivity contribution in [3.8, 4) is 0 Å². The lowest BCUT2D eigenvalue weighted by Crippen LogP contribution is -1.99. The molecule has 0 radical (unpaired) electrons. The van der Waals surface area contributed by atoms with Crippen molar-refractivity contribution in [1.82, 2.24) is 0 Å². The van der Waals surface area contributed by atoms with Gasteiger partial charge < -0.3 is 4.89 Å². The van der Waals surface area contributed by atoms with E-state index in [4.69, 9.17) is 5.26 Å². The van der Waals surface area contributed by atoms with E-state index in [1.807, 2.05) is 0 Å². The Labute approximate surface area is 67.3 Å². The minimum Gasteiger partial charge on any atom is -0.301 e. The maximum Gasteiger partial charge on any atom is 0.342 e. The summed E-state index contributed by atoms with van der Waals surface area (Å²) in [6.45, 7) is 2.14. The predicted octanol–water partition coefficient (Wildman–Crippen LogP) is 2.36. The molecule has 0 rings (SSSR count). The first-order valence-corrected chi connectivity index (χ1v) is 4.15. The van der Waals surface area contributed by atoms with E-state index in [1.54, 1.807) is 0 Å². The normalized spacial score (nSPS) is 9.64. The fraction of sp³-hybridized carbons (Fsp3) is 0.875. The van der Waals surface area contributed by atoms with Gasteiger partial charge in [-0.15, -0.1) is 0 Å². The third kappa shape index (κ3) is 7.33. The molecule has 0 aromatic rings. The highest BCUT2D eigenvalue weighted by molar-refractivity contribution is 5.68. The zero-order chi connectivity index (χ0) is 8.53. The molecule has 11 heavy (non-hydrogen) atoms. The molecule has 0 spiro atoms. The molecule has 0 amide bonds. The fourth-order valence-electron chi connectivity index (χ4n) is 0.919. The summed E-state index contributed by atoms with van der Waals surface area (Å²) in [6, 6.07) is 0. The van der Waals surface area contributed by atoms with E-state index in [1.165, 1.54) is 12.8 Å². The van der Waals surface area contributed by atoms with E-state index in [0.29, 0.717) is 6.42 Å². The Balaban J connectivity index is 2.95. The molecule has 0 bridgehead atoms. The summed E-state index contributed by atoms with van der Waals surface area (Å²) >= 11 is 0. The predicted molar refractivity (Wildman–Crippen MR) is 42.1 cm³/mol. The van der Waals surface area contributed by atoms with Gasteiger partial charge in [0.2, 0.25) is 0 Å². The van der Waals surface area contributed by atoms with Crippen molar-refractivity contribution in [3.63, 3.8) is 0 Å². The molecular weight excluding hydrogens is 144 g/mol. The zero-order valence-electron chi connectivity index (χ0n) is 7.01.